The van der Waals surface area contributed by atoms with E-state index in [9.17, 15) is 5.26 Å². The van der Waals surface area contributed by atoms with Crippen molar-refractivity contribution >= 4 is 22.5 Å². The van der Waals surface area contributed by atoms with Crippen LogP contribution >= 0.6 is 11.8 Å². The summed E-state index contributed by atoms with van der Waals surface area (Å²) in [6.45, 7) is 2.99. The molecule has 0 saturated carbocycles. The number of benzene rings is 2. The van der Waals surface area contributed by atoms with Gasteiger partial charge >= 0.3 is 0 Å². The number of fused-ring (bicyclic) bond motifs is 1. The van der Waals surface area contributed by atoms with Crippen LogP contribution in [0.5, 0.6) is 0 Å². The molecule has 1 heterocycles. The second-order valence-corrected chi connectivity index (χ2v) is 6.07. The molecule has 3 heteroatoms. The van der Waals surface area contributed by atoms with Gasteiger partial charge in [0.15, 0.2) is 0 Å². The van der Waals surface area contributed by atoms with E-state index in [4.69, 9.17) is 4.74 Å². The molecule has 1 aliphatic heterocycles. The van der Waals surface area contributed by atoms with Crippen LogP contribution in [0.1, 0.15) is 18.9 Å². The first-order valence-corrected chi connectivity index (χ1v) is 7.37. The lowest BCUT2D eigenvalue weighted by atomic mass is 10.1. The fourth-order valence-corrected chi connectivity index (χ4v) is 3.76. The molecule has 0 radical (unpaired) electrons. The highest BCUT2D eigenvalue weighted by Gasteiger charge is 2.25. The van der Waals surface area contributed by atoms with E-state index in [1.54, 1.807) is 0 Å². The fourth-order valence-electron chi connectivity index (χ4n) is 2.50. The molecule has 2 nitrogen and oxygen atoms in total. The Hall–Kier alpha value is -1.50. The Balaban J connectivity index is 2.03. The van der Waals surface area contributed by atoms with Gasteiger partial charge in [0.25, 0.3) is 0 Å². The Bertz CT molecular complexity index is 647. The number of nitrogens with zero attached hydrogens (tertiary/aromatic N) is 1. The van der Waals surface area contributed by atoms with Gasteiger partial charge in [0.2, 0.25) is 0 Å². The van der Waals surface area contributed by atoms with Gasteiger partial charge in [-0.3, -0.25) is 0 Å². The SMILES string of the molecule is CC1OCCC1Sc1ccc(C#N)c2ccccc12. The lowest BCUT2D eigenvalue weighted by Gasteiger charge is -2.15. The summed E-state index contributed by atoms with van der Waals surface area (Å²) in [5.41, 5.74) is 0.746. The second-order valence-electron chi connectivity index (χ2n) is 4.79. The Morgan fingerprint density at radius 3 is 2.68 bits per heavy atom. The lowest BCUT2D eigenvalue weighted by Crippen LogP contribution is -2.13. The smallest absolute Gasteiger partial charge is 0.0998 e. The molecule has 2 aromatic rings. The van der Waals surface area contributed by atoms with E-state index in [0.717, 1.165) is 24.0 Å². The van der Waals surface area contributed by atoms with E-state index < -0.39 is 0 Å². The monoisotopic (exact) mass is 269 g/mol. The van der Waals surface area contributed by atoms with Crippen LogP contribution in [0.25, 0.3) is 10.8 Å². The van der Waals surface area contributed by atoms with Crippen LogP contribution in [-0.2, 0) is 4.74 Å². The average Bonchev–Trinajstić information content (AvgIpc) is 2.85. The van der Waals surface area contributed by atoms with E-state index in [0.29, 0.717) is 11.4 Å². The highest BCUT2D eigenvalue weighted by atomic mass is 32.2. The van der Waals surface area contributed by atoms with E-state index in [-0.39, 0.29) is 0 Å². The van der Waals surface area contributed by atoms with Crippen LogP contribution in [0.3, 0.4) is 0 Å². The highest BCUT2D eigenvalue weighted by Crippen LogP contribution is 2.37. The van der Waals surface area contributed by atoms with E-state index >= 15 is 0 Å². The zero-order valence-electron chi connectivity index (χ0n) is 10.8. The third kappa shape index (κ3) is 2.34. The van der Waals surface area contributed by atoms with Gasteiger partial charge < -0.3 is 4.74 Å². The standard InChI is InChI=1S/C16H15NOS/c1-11-15(8-9-18-11)19-16-7-6-12(10-17)13-4-2-3-5-14(13)16/h2-7,11,15H,8-9H2,1H3. The van der Waals surface area contributed by atoms with E-state index in [1.165, 1.54) is 10.3 Å². The quantitative estimate of drug-likeness (QED) is 0.826. The Kier molecular flexibility index (Phi) is 3.46. The molecule has 0 amide bonds. The van der Waals surface area contributed by atoms with Crippen molar-refractivity contribution in [2.45, 2.75) is 29.6 Å². The third-order valence-electron chi connectivity index (χ3n) is 3.59. The Morgan fingerprint density at radius 2 is 2.00 bits per heavy atom. The molecule has 1 fully saturated rings. The number of ether oxygens (including phenoxy) is 1. The van der Waals surface area contributed by atoms with Crippen LogP contribution in [0.4, 0.5) is 0 Å². The first-order valence-electron chi connectivity index (χ1n) is 6.49. The minimum Gasteiger partial charge on any atom is -0.377 e. The number of rotatable bonds is 2. The van der Waals surface area contributed by atoms with Gasteiger partial charge in [-0.15, -0.1) is 11.8 Å². The summed E-state index contributed by atoms with van der Waals surface area (Å²) in [5, 5.41) is 11.9. The third-order valence-corrected chi connectivity index (χ3v) is 5.12. The van der Waals surface area contributed by atoms with Gasteiger partial charge in [-0.2, -0.15) is 5.26 Å². The van der Waals surface area contributed by atoms with Crippen molar-refractivity contribution < 1.29 is 4.74 Å². The molecule has 3 rings (SSSR count). The molecule has 2 aromatic carbocycles. The van der Waals surface area contributed by atoms with Crippen molar-refractivity contribution in [2.24, 2.45) is 0 Å². The van der Waals surface area contributed by atoms with Gasteiger partial charge in [-0.05, 0) is 30.9 Å². The normalized spacial score (nSPS) is 22.5. The Morgan fingerprint density at radius 1 is 1.21 bits per heavy atom. The van der Waals surface area contributed by atoms with Crippen LogP contribution in [0.15, 0.2) is 41.3 Å². The summed E-state index contributed by atoms with van der Waals surface area (Å²) in [4.78, 5) is 1.25. The lowest BCUT2D eigenvalue weighted by molar-refractivity contribution is 0.127. The van der Waals surface area contributed by atoms with Gasteiger partial charge in [0.1, 0.15) is 0 Å². The summed E-state index contributed by atoms with van der Waals surface area (Å²) < 4.78 is 5.62. The van der Waals surface area contributed by atoms with Gasteiger partial charge in [0.05, 0.1) is 17.7 Å². The minimum absolute atomic E-state index is 0.305. The second kappa shape index (κ2) is 5.24. The number of thioether (sulfide) groups is 1. The number of nitriles is 1. The average molecular weight is 269 g/mol. The molecule has 2 atom stereocenters. The maximum atomic E-state index is 9.18. The summed E-state index contributed by atoms with van der Waals surface area (Å²) in [7, 11) is 0. The van der Waals surface area contributed by atoms with Crippen molar-refractivity contribution in [3.8, 4) is 6.07 Å². The summed E-state index contributed by atoms with van der Waals surface area (Å²) in [5.74, 6) is 0. The minimum atomic E-state index is 0.305. The molecule has 19 heavy (non-hydrogen) atoms. The van der Waals surface area contributed by atoms with Crippen molar-refractivity contribution in [3.63, 3.8) is 0 Å². The summed E-state index contributed by atoms with van der Waals surface area (Å²) in [6, 6.07) is 14.4. The van der Waals surface area contributed by atoms with Crippen molar-refractivity contribution in [1.29, 1.82) is 5.26 Å². The predicted octanol–water partition coefficient (Wildman–Crippen LogP) is 3.98. The molecule has 0 aliphatic carbocycles. The largest absolute Gasteiger partial charge is 0.377 e. The molecule has 1 aliphatic rings. The number of hydrogen-bond donors (Lipinski definition) is 0. The first-order chi connectivity index (χ1) is 9.29. The zero-order valence-corrected chi connectivity index (χ0v) is 11.6. The predicted molar refractivity (Wildman–Crippen MR) is 78.3 cm³/mol. The molecule has 0 bridgehead atoms. The van der Waals surface area contributed by atoms with Crippen LogP contribution in [-0.4, -0.2) is 18.0 Å². The maximum absolute atomic E-state index is 9.18. The van der Waals surface area contributed by atoms with Gasteiger partial charge in [-0.25, -0.2) is 0 Å². The first kappa shape index (κ1) is 12.5. The van der Waals surface area contributed by atoms with Crippen molar-refractivity contribution in [3.05, 3.63) is 42.0 Å². The molecule has 0 N–H and O–H groups in total. The van der Waals surface area contributed by atoms with Crippen molar-refractivity contribution in [1.82, 2.24) is 0 Å². The van der Waals surface area contributed by atoms with Gasteiger partial charge in [-0.1, -0.05) is 24.3 Å². The summed E-state index contributed by atoms with van der Waals surface area (Å²) in [6.07, 6.45) is 1.40. The molecular weight excluding hydrogens is 254 g/mol. The van der Waals surface area contributed by atoms with Crippen LogP contribution in [0.2, 0.25) is 0 Å². The van der Waals surface area contributed by atoms with E-state index in [1.807, 2.05) is 36.0 Å². The molecule has 0 spiro atoms. The molecule has 1 saturated heterocycles. The molecule has 2 unspecified atom stereocenters. The Labute approximate surface area is 117 Å². The fraction of sp³-hybridized carbons (Fsp3) is 0.312. The number of hydrogen-bond acceptors (Lipinski definition) is 3. The van der Waals surface area contributed by atoms with Crippen molar-refractivity contribution in [2.75, 3.05) is 6.61 Å². The highest BCUT2D eigenvalue weighted by molar-refractivity contribution is 8.00. The molecule has 0 aromatic heterocycles. The molecule has 96 valence electrons. The van der Waals surface area contributed by atoms with Gasteiger partial charge in [0, 0.05) is 22.1 Å². The maximum Gasteiger partial charge on any atom is 0.0998 e. The topological polar surface area (TPSA) is 33.0 Å². The van der Waals surface area contributed by atoms with Crippen LogP contribution in [0, 0.1) is 11.3 Å². The van der Waals surface area contributed by atoms with E-state index in [2.05, 4.69) is 25.1 Å². The summed E-state index contributed by atoms with van der Waals surface area (Å²) >= 11 is 1.87. The molecular formula is C16H15NOS. The van der Waals surface area contributed by atoms with Crippen LogP contribution < -0.4 is 0 Å². The zero-order chi connectivity index (χ0) is 13.2.